The Morgan fingerprint density at radius 3 is 2.73 bits per heavy atom. The van der Waals surface area contributed by atoms with Gasteiger partial charge in [0.05, 0.1) is 39.4 Å². The normalized spacial score (nSPS) is 23.8. The zero-order valence-electron chi connectivity index (χ0n) is 18.4. The number of pyridine rings is 1. The van der Waals surface area contributed by atoms with Gasteiger partial charge in [-0.1, -0.05) is 11.6 Å². The molecule has 10 heteroatoms. The highest BCUT2D eigenvalue weighted by atomic mass is 35.5. The van der Waals surface area contributed by atoms with Crippen molar-refractivity contribution in [2.24, 2.45) is 0 Å². The van der Waals surface area contributed by atoms with E-state index >= 15 is 0 Å². The lowest BCUT2D eigenvalue weighted by atomic mass is 9.77. The maximum Gasteiger partial charge on any atom is 0.232 e. The second-order valence-corrected chi connectivity index (χ2v) is 11.1. The third kappa shape index (κ3) is 4.20. The molecule has 0 radical (unpaired) electrons. The summed E-state index contributed by atoms with van der Waals surface area (Å²) in [5, 5.41) is 14.0. The lowest BCUT2D eigenvalue weighted by molar-refractivity contribution is 0.143. The number of rotatable bonds is 5. The third-order valence-electron chi connectivity index (χ3n) is 7.11. The SMILES string of the molecule is [C-]#[N+]c1c(N2CCCC(c3ncc(Cl)cn3)CC2)nc(NC2(CO)CCC2)c2c1CC[S@]2=O. The van der Waals surface area contributed by atoms with Crippen LogP contribution in [0.1, 0.15) is 55.8 Å². The predicted octanol–water partition coefficient (Wildman–Crippen LogP) is 3.84. The fourth-order valence-corrected chi connectivity index (χ4v) is 6.55. The topological polar surface area (TPSA) is 95.6 Å². The largest absolute Gasteiger partial charge is 0.394 e. The van der Waals surface area contributed by atoms with Crippen molar-refractivity contribution < 1.29 is 9.32 Å². The fourth-order valence-electron chi connectivity index (χ4n) is 5.07. The number of fused-ring (bicyclic) bond motifs is 1. The van der Waals surface area contributed by atoms with Crippen molar-refractivity contribution in [2.75, 3.05) is 35.7 Å². The average molecular weight is 487 g/mol. The van der Waals surface area contributed by atoms with Crippen LogP contribution in [0, 0.1) is 6.57 Å². The minimum Gasteiger partial charge on any atom is -0.394 e. The Morgan fingerprint density at radius 1 is 1.27 bits per heavy atom. The molecule has 1 saturated carbocycles. The van der Waals surface area contributed by atoms with Crippen LogP contribution in [-0.2, 0) is 17.2 Å². The van der Waals surface area contributed by atoms with Crippen molar-refractivity contribution in [3.8, 4) is 0 Å². The summed E-state index contributed by atoms with van der Waals surface area (Å²) >= 11 is 5.95. The summed E-state index contributed by atoms with van der Waals surface area (Å²) in [6.07, 6.45) is 9.41. The molecule has 174 valence electrons. The third-order valence-corrected chi connectivity index (χ3v) is 8.78. The lowest BCUT2D eigenvalue weighted by Gasteiger charge is -2.42. The molecular weight excluding hydrogens is 460 g/mol. The van der Waals surface area contributed by atoms with E-state index < -0.39 is 16.3 Å². The van der Waals surface area contributed by atoms with Crippen LogP contribution in [0.3, 0.4) is 0 Å². The molecule has 2 aromatic heterocycles. The van der Waals surface area contributed by atoms with Crippen LogP contribution in [-0.4, -0.2) is 55.3 Å². The average Bonchev–Trinajstić information content (AvgIpc) is 3.03. The fraction of sp³-hybridized carbons (Fsp3) is 0.565. The smallest absolute Gasteiger partial charge is 0.232 e. The maximum atomic E-state index is 12.8. The first kappa shape index (κ1) is 22.5. The molecule has 1 unspecified atom stereocenters. The highest BCUT2D eigenvalue weighted by Gasteiger charge is 2.39. The molecule has 2 aromatic rings. The molecule has 3 aliphatic rings. The number of aromatic nitrogens is 3. The van der Waals surface area contributed by atoms with Gasteiger partial charge >= 0.3 is 0 Å². The van der Waals surface area contributed by atoms with E-state index in [1.165, 1.54) is 0 Å². The van der Waals surface area contributed by atoms with E-state index in [2.05, 4.69) is 25.0 Å². The monoisotopic (exact) mass is 486 g/mol. The number of aliphatic hydroxyl groups excluding tert-OH is 1. The van der Waals surface area contributed by atoms with Gasteiger partial charge in [0.2, 0.25) is 5.69 Å². The zero-order chi connectivity index (χ0) is 23.0. The Labute approximate surface area is 201 Å². The molecule has 1 aliphatic carbocycles. The molecule has 8 nitrogen and oxygen atoms in total. The Balaban J connectivity index is 1.47. The summed E-state index contributed by atoms with van der Waals surface area (Å²) < 4.78 is 12.8. The number of hydrogen-bond donors (Lipinski definition) is 2. The van der Waals surface area contributed by atoms with Crippen LogP contribution >= 0.6 is 11.6 Å². The molecule has 0 aromatic carbocycles. The van der Waals surface area contributed by atoms with Gasteiger partial charge in [-0.25, -0.2) is 19.8 Å². The van der Waals surface area contributed by atoms with E-state index in [0.29, 0.717) is 39.4 Å². The van der Waals surface area contributed by atoms with Gasteiger partial charge in [0.25, 0.3) is 0 Å². The van der Waals surface area contributed by atoms with Gasteiger partial charge in [-0.3, -0.25) is 4.21 Å². The second-order valence-electron chi connectivity index (χ2n) is 9.14. The summed E-state index contributed by atoms with van der Waals surface area (Å²) in [5.74, 6) is 2.80. The number of nitrogens with zero attached hydrogens (tertiary/aromatic N) is 5. The van der Waals surface area contributed by atoms with E-state index in [-0.39, 0.29) is 12.5 Å². The summed E-state index contributed by atoms with van der Waals surface area (Å²) in [6.45, 7) is 9.42. The van der Waals surface area contributed by atoms with E-state index in [9.17, 15) is 9.32 Å². The highest BCUT2D eigenvalue weighted by molar-refractivity contribution is 7.85. The molecular formula is C23H27ClN6O2S. The predicted molar refractivity (Wildman–Crippen MR) is 129 cm³/mol. The van der Waals surface area contributed by atoms with Crippen LogP contribution in [0.5, 0.6) is 0 Å². The molecule has 2 fully saturated rings. The number of aliphatic hydroxyl groups is 1. The van der Waals surface area contributed by atoms with E-state index in [1.807, 2.05) is 0 Å². The molecule has 0 bridgehead atoms. The van der Waals surface area contributed by atoms with Crippen molar-refractivity contribution in [2.45, 2.75) is 61.3 Å². The van der Waals surface area contributed by atoms with Gasteiger partial charge in [0.15, 0.2) is 0 Å². The minimum atomic E-state index is -1.18. The van der Waals surface area contributed by atoms with E-state index in [4.69, 9.17) is 23.2 Å². The van der Waals surface area contributed by atoms with Crippen molar-refractivity contribution in [3.05, 3.63) is 40.2 Å². The molecule has 1 saturated heterocycles. The summed E-state index contributed by atoms with van der Waals surface area (Å²) in [5.41, 5.74) is 0.972. The van der Waals surface area contributed by atoms with Crippen LogP contribution in [0.15, 0.2) is 17.3 Å². The van der Waals surface area contributed by atoms with Crippen molar-refractivity contribution in [1.29, 1.82) is 0 Å². The Kier molecular flexibility index (Phi) is 6.25. The van der Waals surface area contributed by atoms with Gasteiger partial charge in [-0.05, 0) is 50.5 Å². The molecule has 0 spiro atoms. The summed E-state index contributed by atoms with van der Waals surface area (Å²) in [7, 11) is -1.18. The van der Waals surface area contributed by atoms with E-state index in [1.54, 1.807) is 12.4 Å². The van der Waals surface area contributed by atoms with Crippen LogP contribution in [0.25, 0.3) is 4.85 Å². The van der Waals surface area contributed by atoms with Crippen LogP contribution < -0.4 is 10.2 Å². The highest BCUT2D eigenvalue weighted by Crippen LogP contribution is 2.45. The molecule has 4 heterocycles. The van der Waals surface area contributed by atoms with Crippen LogP contribution in [0.2, 0.25) is 5.02 Å². The molecule has 2 atom stereocenters. The van der Waals surface area contributed by atoms with Gasteiger partial charge in [-0.15, -0.1) is 0 Å². The van der Waals surface area contributed by atoms with Gasteiger partial charge in [0, 0.05) is 37.2 Å². The first-order valence-electron chi connectivity index (χ1n) is 11.5. The Morgan fingerprint density at radius 2 is 2.06 bits per heavy atom. The van der Waals surface area contributed by atoms with E-state index in [0.717, 1.165) is 63.0 Å². The first-order valence-corrected chi connectivity index (χ1v) is 13.2. The Bertz CT molecular complexity index is 1110. The zero-order valence-corrected chi connectivity index (χ0v) is 20.0. The minimum absolute atomic E-state index is 0.0163. The Hall–Kier alpha value is -2.28. The van der Waals surface area contributed by atoms with Crippen LogP contribution in [0.4, 0.5) is 17.3 Å². The van der Waals surface area contributed by atoms with Gasteiger partial charge < -0.3 is 15.3 Å². The maximum absolute atomic E-state index is 12.8. The molecule has 5 rings (SSSR count). The second kappa shape index (κ2) is 9.16. The molecule has 0 amide bonds. The molecule has 33 heavy (non-hydrogen) atoms. The lowest BCUT2D eigenvalue weighted by Crippen LogP contribution is -2.48. The van der Waals surface area contributed by atoms with Crippen molar-refractivity contribution >= 4 is 39.7 Å². The number of hydrogen-bond acceptors (Lipinski definition) is 7. The summed E-state index contributed by atoms with van der Waals surface area (Å²) in [4.78, 5) is 20.4. The van der Waals surface area contributed by atoms with Gasteiger partial charge in [-0.2, -0.15) is 0 Å². The number of halogens is 1. The number of anilines is 2. The first-order chi connectivity index (χ1) is 16.0. The van der Waals surface area contributed by atoms with Crippen molar-refractivity contribution in [1.82, 2.24) is 15.0 Å². The molecule has 2 N–H and O–H groups in total. The molecule has 2 aliphatic heterocycles. The summed E-state index contributed by atoms with van der Waals surface area (Å²) in [6, 6.07) is 0. The standard InChI is InChI=1S/C23H27ClN6O2S/c1-25-18-17-6-11-33(32)19(17)21(29-23(14-31)7-3-8-23)28-22(18)30-9-2-4-15(5-10-30)20-26-12-16(24)13-27-20/h12-13,15,31H,2-11,14H2,(H,28,29)/t15?,33-/m1/s1. The number of nitrogens with one attached hydrogen (secondary N) is 1. The van der Waals surface area contributed by atoms with Gasteiger partial charge in [0.1, 0.15) is 17.5 Å². The van der Waals surface area contributed by atoms with Crippen molar-refractivity contribution in [3.63, 3.8) is 0 Å². The quantitative estimate of drug-likeness (QED) is 0.620.